The van der Waals surface area contributed by atoms with E-state index >= 15 is 0 Å². The van der Waals surface area contributed by atoms with E-state index in [2.05, 4.69) is 10.2 Å². The highest BCUT2D eigenvalue weighted by Crippen LogP contribution is 2.36. The first-order chi connectivity index (χ1) is 21.3. The second-order valence-corrected chi connectivity index (χ2v) is 10.1. The molecule has 0 aromatic heterocycles. The molecular formula is C32H22N4O8. The lowest BCUT2D eigenvalue weighted by atomic mass is 9.97. The lowest BCUT2D eigenvalue weighted by molar-refractivity contribution is -0.385. The Morgan fingerprint density at radius 3 is 1.32 bits per heavy atom. The zero-order chi connectivity index (χ0) is 30.8. The van der Waals surface area contributed by atoms with Gasteiger partial charge in [-0.25, -0.2) is 9.59 Å². The van der Waals surface area contributed by atoms with Gasteiger partial charge in [0.1, 0.15) is 12.2 Å². The van der Waals surface area contributed by atoms with Crippen LogP contribution in [0.1, 0.15) is 68.0 Å². The van der Waals surface area contributed by atoms with E-state index in [1.165, 1.54) is 48.5 Å². The van der Waals surface area contributed by atoms with Crippen LogP contribution in [0.2, 0.25) is 0 Å². The summed E-state index contributed by atoms with van der Waals surface area (Å²) in [7, 11) is 0. The molecule has 44 heavy (non-hydrogen) atoms. The van der Waals surface area contributed by atoms with Crippen LogP contribution in [0, 0.1) is 20.2 Å². The summed E-state index contributed by atoms with van der Waals surface area (Å²) in [5, 5.41) is 31.6. The standard InChI is InChI=1S/C32H22N4O8/c37-31-25-7-3-1-5-23(25)29(43-31)17-27(19-9-13-21(14-10-19)35(39)40)33-34-28(20-11-15-22(16-12-20)36(41)42)18-30-24-6-2-4-8-26(24)32(38)44-30/h1-16,29-30H,17-18H2/b33-27+,34-28+/t29-,30-/m1/s1. The van der Waals surface area contributed by atoms with Crippen LogP contribution in [0.3, 0.4) is 0 Å². The molecule has 12 heteroatoms. The number of fused-ring (bicyclic) bond motifs is 2. The number of cyclic esters (lactones) is 2. The third-order valence-corrected chi connectivity index (χ3v) is 7.43. The molecule has 0 saturated heterocycles. The minimum atomic E-state index is -0.673. The third-order valence-electron chi connectivity index (χ3n) is 7.43. The summed E-state index contributed by atoms with van der Waals surface area (Å²) in [6.45, 7) is 0. The zero-order valence-corrected chi connectivity index (χ0v) is 22.9. The fraction of sp³-hybridized carbons (Fsp3) is 0.125. The molecule has 0 unspecified atom stereocenters. The van der Waals surface area contributed by atoms with Gasteiger partial charge < -0.3 is 9.47 Å². The molecule has 12 nitrogen and oxygen atoms in total. The van der Waals surface area contributed by atoms with Gasteiger partial charge >= 0.3 is 11.9 Å². The number of nitrogens with zero attached hydrogens (tertiary/aromatic N) is 4. The molecule has 0 amide bonds. The van der Waals surface area contributed by atoms with Crippen molar-refractivity contribution >= 4 is 34.7 Å². The molecule has 0 radical (unpaired) electrons. The first-order valence-electron chi connectivity index (χ1n) is 13.5. The maximum atomic E-state index is 12.5. The molecule has 0 bridgehead atoms. The van der Waals surface area contributed by atoms with Crippen molar-refractivity contribution < 1.29 is 28.9 Å². The highest BCUT2D eigenvalue weighted by Gasteiger charge is 2.33. The minimum absolute atomic E-state index is 0.109. The maximum Gasteiger partial charge on any atom is 0.339 e. The molecule has 4 aromatic carbocycles. The number of benzene rings is 4. The van der Waals surface area contributed by atoms with Crippen LogP contribution in [0.4, 0.5) is 11.4 Å². The predicted octanol–water partition coefficient (Wildman–Crippen LogP) is 6.30. The van der Waals surface area contributed by atoms with Crippen LogP contribution >= 0.6 is 0 Å². The van der Waals surface area contributed by atoms with Crippen LogP contribution < -0.4 is 0 Å². The molecule has 2 atom stereocenters. The van der Waals surface area contributed by atoms with Gasteiger partial charge in [0.05, 0.1) is 32.4 Å². The van der Waals surface area contributed by atoms with Crippen molar-refractivity contribution in [2.45, 2.75) is 25.0 Å². The number of hydrogen-bond acceptors (Lipinski definition) is 10. The van der Waals surface area contributed by atoms with Crippen molar-refractivity contribution in [1.29, 1.82) is 0 Å². The van der Waals surface area contributed by atoms with E-state index in [4.69, 9.17) is 9.47 Å². The van der Waals surface area contributed by atoms with Crippen molar-refractivity contribution in [3.63, 3.8) is 0 Å². The summed E-state index contributed by atoms with van der Waals surface area (Å²) in [6.07, 6.45) is -1.13. The number of rotatable bonds is 9. The lowest BCUT2D eigenvalue weighted by Gasteiger charge is -2.14. The van der Waals surface area contributed by atoms with Gasteiger partial charge in [-0.2, -0.15) is 10.2 Å². The van der Waals surface area contributed by atoms with Crippen LogP contribution in [-0.4, -0.2) is 33.2 Å². The normalized spacial score (nSPS) is 17.5. The smallest absolute Gasteiger partial charge is 0.339 e. The molecule has 0 fully saturated rings. The first-order valence-corrected chi connectivity index (χ1v) is 13.5. The SMILES string of the molecule is O=C1O[C@H](C/C(=N\N=C(/C[C@H]2OC(=O)c3ccccc32)c2ccc([N+](=O)[O-])cc2)c2ccc([N+](=O)[O-])cc2)c2ccccc21. The van der Waals surface area contributed by atoms with Crippen molar-refractivity contribution in [3.05, 3.63) is 151 Å². The first kappa shape index (κ1) is 28.1. The largest absolute Gasteiger partial charge is 0.453 e. The summed E-state index contributed by atoms with van der Waals surface area (Å²) in [6, 6.07) is 25.5. The predicted molar refractivity (Wildman–Crippen MR) is 158 cm³/mol. The van der Waals surface area contributed by atoms with E-state index in [1.54, 1.807) is 48.5 Å². The highest BCUT2D eigenvalue weighted by molar-refractivity contribution is 6.05. The monoisotopic (exact) mass is 590 g/mol. The van der Waals surface area contributed by atoms with Crippen molar-refractivity contribution in [1.82, 2.24) is 0 Å². The minimum Gasteiger partial charge on any atom is -0.453 e. The van der Waals surface area contributed by atoms with Gasteiger partial charge in [0, 0.05) is 48.2 Å². The second kappa shape index (κ2) is 11.7. The third kappa shape index (κ3) is 5.55. The van der Waals surface area contributed by atoms with Crippen LogP contribution in [0.5, 0.6) is 0 Å². The van der Waals surface area contributed by atoms with E-state index in [0.29, 0.717) is 44.8 Å². The van der Waals surface area contributed by atoms with Crippen LogP contribution in [0.15, 0.2) is 107 Å². The quantitative estimate of drug-likeness (QED) is 0.0948. The topological polar surface area (TPSA) is 164 Å². The molecule has 2 aliphatic rings. The molecule has 6 rings (SSSR count). The molecule has 0 spiro atoms. The van der Waals surface area contributed by atoms with Crippen molar-refractivity contribution in [3.8, 4) is 0 Å². The van der Waals surface area contributed by atoms with Crippen molar-refractivity contribution in [2.24, 2.45) is 10.2 Å². The number of nitro groups is 2. The van der Waals surface area contributed by atoms with Gasteiger partial charge in [-0.1, -0.05) is 36.4 Å². The van der Waals surface area contributed by atoms with Crippen molar-refractivity contribution in [2.75, 3.05) is 0 Å². The molecule has 218 valence electrons. The Bertz CT molecular complexity index is 1730. The number of esters is 2. The van der Waals surface area contributed by atoms with Gasteiger partial charge in [0.2, 0.25) is 0 Å². The second-order valence-electron chi connectivity index (χ2n) is 10.1. The molecular weight excluding hydrogens is 568 g/mol. The van der Waals surface area contributed by atoms with E-state index in [0.717, 1.165) is 0 Å². The number of nitro benzene ring substituents is 2. The van der Waals surface area contributed by atoms with Crippen LogP contribution in [-0.2, 0) is 9.47 Å². The number of carbonyl (C=O) groups is 2. The molecule has 2 aliphatic heterocycles. The summed E-state index contributed by atoms with van der Waals surface area (Å²) < 4.78 is 11.3. The average molecular weight is 591 g/mol. The summed E-state index contributed by atoms with van der Waals surface area (Å²) in [4.78, 5) is 46.5. The maximum absolute atomic E-state index is 12.5. The van der Waals surface area contributed by atoms with E-state index in [-0.39, 0.29) is 24.2 Å². The molecule has 0 N–H and O–H groups in total. The Labute approximate surface area is 249 Å². The summed E-state index contributed by atoms with van der Waals surface area (Å²) >= 11 is 0. The van der Waals surface area contributed by atoms with Gasteiger partial charge in [-0.15, -0.1) is 0 Å². The Morgan fingerprint density at radius 2 is 0.955 bits per heavy atom. The van der Waals surface area contributed by atoms with E-state index in [9.17, 15) is 29.8 Å². The van der Waals surface area contributed by atoms with Gasteiger partial charge in [-0.3, -0.25) is 20.2 Å². The number of ether oxygens (including phenoxy) is 2. The van der Waals surface area contributed by atoms with Gasteiger partial charge in [0.15, 0.2) is 0 Å². The Morgan fingerprint density at radius 1 is 0.591 bits per heavy atom. The van der Waals surface area contributed by atoms with E-state index in [1.807, 2.05) is 0 Å². The molecule has 2 heterocycles. The summed E-state index contributed by atoms with van der Waals surface area (Å²) in [5.74, 6) is -0.934. The fourth-order valence-corrected chi connectivity index (χ4v) is 5.20. The zero-order valence-electron chi connectivity index (χ0n) is 22.9. The Hall–Kier alpha value is -6.04. The fourth-order valence-electron chi connectivity index (χ4n) is 5.20. The average Bonchev–Trinajstić information content (AvgIpc) is 3.53. The molecule has 0 saturated carbocycles. The Kier molecular flexibility index (Phi) is 7.46. The number of hydrogen-bond donors (Lipinski definition) is 0. The van der Waals surface area contributed by atoms with E-state index < -0.39 is 34.0 Å². The number of non-ortho nitro benzene ring substituents is 2. The van der Waals surface area contributed by atoms with Gasteiger partial charge in [0.25, 0.3) is 11.4 Å². The summed E-state index contributed by atoms with van der Waals surface area (Å²) in [5.41, 5.74) is 3.80. The van der Waals surface area contributed by atoms with Crippen LogP contribution in [0.25, 0.3) is 0 Å². The number of carbonyl (C=O) groups excluding carboxylic acids is 2. The Balaban J connectivity index is 1.42. The molecule has 4 aromatic rings. The lowest BCUT2D eigenvalue weighted by Crippen LogP contribution is -2.11. The van der Waals surface area contributed by atoms with Gasteiger partial charge in [-0.05, 0) is 47.5 Å². The highest BCUT2D eigenvalue weighted by atomic mass is 16.6. The molecule has 0 aliphatic carbocycles.